The van der Waals surface area contributed by atoms with E-state index in [-0.39, 0.29) is 0 Å². The summed E-state index contributed by atoms with van der Waals surface area (Å²) in [5.74, 6) is 0.618. The second-order valence-corrected chi connectivity index (χ2v) is 7.54. The van der Waals surface area contributed by atoms with Gasteiger partial charge >= 0.3 is 0 Å². The van der Waals surface area contributed by atoms with Crippen LogP contribution < -0.4 is 10.7 Å². The fourth-order valence-corrected chi connectivity index (χ4v) is 3.46. The lowest BCUT2D eigenvalue weighted by atomic mass is 10.1. The Hall–Kier alpha value is -5.04. The van der Waals surface area contributed by atoms with Crippen LogP contribution in [0.25, 0.3) is 5.57 Å². The molecule has 0 saturated carbocycles. The number of hydrazine groups is 1. The number of aliphatic imine (C=N–C) groups is 1. The van der Waals surface area contributed by atoms with Gasteiger partial charge in [0.05, 0.1) is 30.4 Å². The SMILES string of the molecule is N#Cc1cccc(NN2CC(c3cncnc3)=CN=C2Nc2ccc(Cn3cncn3)cc2)c1. The highest BCUT2D eigenvalue weighted by Gasteiger charge is 2.19. The molecule has 10 nitrogen and oxygen atoms in total. The van der Waals surface area contributed by atoms with Crippen molar-refractivity contribution in [1.29, 1.82) is 5.26 Å². The zero-order valence-electron chi connectivity index (χ0n) is 18.1. The van der Waals surface area contributed by atoms with E-state index < -0.39 is 0 Å². The molecule has 0 aliphatic carbocycles. The standard InChI is InChI=1S/C24H20N10/c25-9-19-2-1-3-23(8-19)32-34-14-21(20-10-26-15-27-11-20)12-29-24(34)31-22-6-4-18(5-7-22)13-33-17-28-16-30-33/h1-8,10-12,15-17,32H,13-14H2,(H,29,31). The van der Waals surface area contributed by atoms with Crippen molar-refractivity contribution in [3.63, 3.8) is 0 Å². The molecular weight excluding hydrogens is 428 g/mol. The minimum Gasteiger partial charge on any atom is -0.324 e. The van der Waals surface area contributed by atoms with Crippen LogP contribution in [0, 0.1) is 11.3 Å². The first kappa shape index (κ1) is 20.8. The van der Waals surface area contributed by atoms with Crippen LogP contribution in [0.1, 0.15) is 16.7 Å². The van der Waals surface area contributed by atoms with Gasteiger partial charge in [0.1, 0.15) is 19.0 Å². The Kier molecular flexibility index (Phi) is 5.90. The van der Waals surface area contributed by atoms with Gasteiger partial charge in [0.15, 0.2) is 0 Å². The van der Waals surface area contributed by atoms with E-state index in [4.69, 9.17) is 0 Å². The van der Waals surface area contributed by atoms with Crippen molar-refractivity contribution in [2.75, 3.05) is 17.3 Å². The topological polar surface area (TPSA) is 120 Å². The van der Waals surface area contributed by atoms with Crippen LogP contribution in [-0.4, -0.2) is 42.2 Å². The lowest BCUT2D eigenvalue weighted by molar-refractivity contribution is 0.552. The van der Waals surface area contributed by atoms with E-state index in [1.807, 2.05) is 47.6 Å². The molecule has 3 heterocycles. The summed E-state index contributed by atoms with van der Waals surface area (Å²) in [5.41, 5.74) is 8.55. The maximum atomic E-state index is 9.25. The average Bonchev–Trinajstić information content (AvgIpc) is 3.40. The molecule has 166 valence electrons. The van der Waals surface area contributed by atoms with E-state index in [0.717, 1.165) is 28.1 Å². The second-order valence-electron chi connectivity index (χ2n) is 7.54. The Bertz CT molecular complexity index is 1350. The van der Waals surface area contributed by atoms with Gasteiger partial charge in [-0.25, -0.2) is 24.6 Å². The van der Waals surface area contributed by atoms with Crippen molar-refractivity contribution in [3.8, 4) is 6.07 Å². The zero-order valence-corrected chi connectivity index (χ0v) is 18.1. The minimum absolute atomic E-state index is 0.514. The van der Waals surface area contributed by atoms with Gasteiger partial charge in [-0.15, -0.1) is 0 Å². The Labute approximate surface area is 195 Å². The average molecular weight is 448 g/mol. The number of hydrogen-bond donors (Lipinski definition) is 2. The molecule has 0 amide bonds. The van der Waals surface area contributed by atoms with Crippen molar-refractivity contribution in [1.82, 2.24) is 29.7 Å². The van der Waals surface area contributed by atoms with E-state index in [1.165, 1.54) is 12.7 Å². The van der Waals surface area contributed by atoms with Crippen molar-refractivity contribution in [2.45, 2.75) is 6.54 Å². The molecular formula is C24H20N10. The highest BCUT2D eigenvalue weighted by atomic mass is 15.6. The molecule has 0 fully saturated rings. The predicted octanol–water partition coefficient (Wildman–Crippen LogP) is 3.14. The van der Waals surface area contributed by atoms with Gasteiger partial charge in [0.25, 0.3) is 0 Å². The first-order chi connectivity index (χ1) is 16.8. The molecule has 0 saturated heterocycles. The molecule has 5 rings (SSSR count). The summed E-state index contributed by atoms with van der Waals surface area (Å²) in [5, 5.41) is 18.7. The largest absolute Gasteiger partial charge is 0.324 e. The fraction of sp³-hybridized carbons (Fsp3) is 0.0833. The monoisotopic (exact) mass is 448 g/mol. The quantitative estimate of drug-likeness (QED) is 0.462. The number of aromatic nitrogens is 5. The van der Waals surface area contributed by atoms with Gasteiger partial charge in [0, 0.05) is 35.4 Å². The molecule has 2 N–H and O–H groups in total. The van der Waals surface area contributed by atoms with Crippen molar-refractivity contribution in [3.05, 3.63) is 103 Å². The van der Waals surface area contributed by atoms with E-state index >= 15 is 0 Å². The van der Waals surface area contributed by atoms with Crippen LogP contribution in [0.3, 0.4) is 0 Å². The van der Waals surface area contributed by atoms with Gasteiger partial charge < -0.3 is 5.32 Å². The van der Waals surface area contributed by atoms with Crippen LogP contribution in [0.4, 0.5) is 11.4 Å². The third kappa shape index (κ3) is 4.89. The lowest BCUT2D eigenvalue weighted by Gasteiger charge is -2.31. The Morgan fingerprint density at radius 2 is 1.82 bits per heavy atom. The zero-order chi connectivity index (χ0) is 23.2. The smallest absolute Gasteiger partial charge is 0.222 e. The molecule has 2 aromatic carbocycles. The minimum atomic E-state index is 0.514. The number of nitrogens with one attached hydrogen (secondary N) is 2. The van der Waals surface area contributed by atoms with Crippen LogP contribution in [0.15, 0.2) is 91.1 Å². The van der Waals surface area contributed by atoms with E-state index in [1.54, 1.807) is 35.5 Å². The molecule has 10 heteroatoms. The van der Waals surface area contributed by atoms with E-state index in [0.29, 0.717) is 24.6 Å². The Morgan fingerprint density at radius 1 is 0.971 bits per heavy atom. The number of hydrogen-bond acceptors (Lipinski definition) is 9. The summed E-state index contributed by atoms with van der Waals surface area (Å²) >= 11 is 0. The third-order valence-corrected chi connectivity index (χ3v) is 5.14. The number of rotatable bonds is 6. The first-order valence-corrected chi connectivity index (χ1v) is 10.5. The van der Waals surface area contributed by atoms with E-state index in [9.17, 15) is 5.26 Å². The Morgan fingerprint density at radius 3 is 2.59 bits per heavy atom. The molecule has 2 aromatic heterocycles. The normalized spacial score (nSPS) is 13.0. The first-order valence-electron chi connectivity index (χ1n) is 10.5. The molecule has 1 aliphatic heterocycles. The van der Waals surface area contributed by atoms with Gasteiger partial charge in [-0.05, 0) is 35.9 Å². The third-order valence-electron chi connectivity index (χ3n) is 5.14. The summed E-state index contributed by atoms with van der Waals surface area (Å²) in [6.07, 6.45) is 10.0. The summed E-state index contributed by atoms with van der Waals surface area (Å²) in [4.78, 5) is 16.8. The molecule has 0 spiro atoms. The molecule has 1 aliphatic rings. The van der Waals surface area contributed by atoms with Crippen molar-refractivity contribution >= 4 is 22.9 Å². The van der Waals surface area contributed by atoms with Gasteiger partial charge in [-0.3, -0.25) is 10.4 Å². The number of nitrogens with zero attached hydrogens (tertiary/aromatic N) is 8. The molecule has 0 bridgehead atoms. The number of anilines is 2. The van der Waals surface area contributed by atoms with Crippen LogP contribution in [0.5, 0.6) is 0 Å². The molecule has 0 atom stereocenters. The maximum absolute atomic E-state index is 9.25. The van der Waals surface area contributed by atoms with Gasteiger partial charge in [-0.1, -0.05) is 18.2 Å². The van der Waals surface area contributed by atoms with Crippen LogP contribution >= 0.6 is 0 Å². The summed E-state index contributed by atoms with van der Waals surface area (Å²) in [6.45, 7) is 1.16. The number of nitriles is 1. The van der Waals surface area contributed by atoms with Crippen molar-refractivity contribution < 1.29 is 0 Å². The number of guanidine groups is 1. The van der Waals surface area contributed by atoms with Crippen molar-refractivity contribution in [2.24, 2.45) is 4.99 Å². The second kappa shape index (κ2) is 9.62. The molecule has 4 aromatic rings. The van der Waals surface area contributed by atoms with Gasteiger partial charge in [-0.2, -0.15) is 10.4 Å². The van der Waals surface area contributed by atoms with Crippen LogP contribution in [-0.2, 0) is 6.54 Å². The Balaban J connectivity index is 1.38. The lowest BCUT2D eigenvalue weighted by Crippen LogP contribution is -2.43. The highest BCUT2D eigenvalue weighted by Crippen LogP contribution is 2.21. The predicted molar refractivity (Wildman–Crippen MR) is 128 cm³/mol. The molecule has 0 unspecified atom stereocenters. The molecule has 0 radical (unpaired) electrons. The fourth-order valence-electron chi connectivity index (χ4n) is 3.46. The highest BCUT2D eigenvalue weighted by molar-refractivity contribution is 5.97. The van der Waals surface area contributed by atoms with E-state index in [2.05, 4.69) is 41.9 Å². The molecule has 34 heavy (non-hydrogen) atoms. The van der Waals surface area contributed by atoms with Crippen LogP contribution in [0.2, 0.25) is 0 Å². The van der Waals surface area contributed by atoms with Gasteiger partial charge in [0.2, 0.25) is 5.96 Å². The summed E-state index contributed by atoms with van der Waals surface area (Å²) < 4.78 is 1.77. The summed E-state index contributed by atoms with van der Waals surface area (Å²) in [6, 6.07) is 17.5. The maximum Gasteiger partial charge on any atom is 0.222 e. The number of benzene rings is 2. The summed E-state index contributed by atoms with van der Waals surface area (Å²) in [7, 11) is 0.